The van der Waals surface area contributed by atoms with Gasteiger partial charge < -0.3 is 14.8 Å². The maximum atomic E-state index is 12.4. The molecule has 1 fully saturated rings. The van der Waals surface area contributed by atoms with Crippen molar-refractivity contribution in [1.29, 1.82) is 0 Å². The Bertz CT molecular complexity index is 997. The van der Waals surface area contributed by atoms with Crippen molar-refractivity contribution in [1.82, 2.24) is 4.31 Å². The highest BCUT2D eigenvalue weighted by Gasteiger charge is 2.19. The van der Waals surface area contributed by atoms with Gasteiger partial charge in [-0.3, -0.25) is 4.79 Å². The highest BCUT2D eigenvalue weighted by atomic mass is 32.2. The van der Waals surface area contributed by atoms with Crippen molar-refractivity contribution in [3.05, 3.63) is 48.0 Å². The fourth-order valence-corrected chi connectivity index (χ4v) is 4.56. The van der Waals surface area contributed by atoms with Crippen LogP contribution in [0.5, 0.6) is 11.5 Å². The van der Waals surface area contributed by atoms with Crippen LogP contribution >= 0.6 is 0 Å². The topological polar surface area (TPSA) is 84.9 Å². The lowest BCUT2D eigenvalue weighted by Crippen LogP contribution is -2.22. The summed E-state index contributed by atoms with van der Waals surface area (Å²) in [4.78, 5) is 12.6. The van der Waals surface area contributed by atoms with Crippen molar-refractivity contribution in [2.24, 2.45) is 0 Å². The summed E-state index contributed by atoms with van der Waals surface area (Å²) >= 11 is 0. The maximum absolute atomic E-state index is 12.4. The molecule has 0 spiro atoms. The van der Waals surface area contributed by atoms with Crippen molar-refractivity contribution in [2.75, 3.05) is 26.5 Å². The lowest BCUT2D eigenvalue weighted by molar-refractivity contribution is -0.116. The van der Waals surface area contributed by atoms with E-state index < -0.39 is 10.0 Å². The molecule has 1 amide bonds. The van der Waals surface area contributed by atoms with Crippen LogP contribution in [-0.4, -0.2) is 45.9 Å². The molecule has 1 N–H and O–H groups in total. The number of carbonyl (C=O) groups excluding carboxylic acids is 1. The number of carbonyl (C=O) groups is 1. The quantitative estimate of drug-likeness (QED) is 0.633. The van der Waals surface area contributed by atoms with Gasteiger partial charge in [-0.1, -0.05) is 0 Å². The highest BCUT2D eigenvalue weighted by Crippen LogP contribution is 2.26. The van der Waals surface area contributed by atoms with Gasteiger partial charge in [-0.15, -0.1) is 0 Å². The predicted octanol–water partition coefficient (Wildman–Crippen LogP) is 3.84. The van der Waals surface area contributed by atoms with Crippen LogP contribution in [0.25, 0.3) is 0 Å². The number of aryl methyl sites for hydroxylation is 1. The molecule has 7 nitrogen and oxygen atoms in total. The van der Waals surface area contributed by atoms with Crippen LogP contribution < -0.4 is 14.8 Å². The van der Waals surface area contributed by atoms with Gasteiger partial charge in [0.2, 0.25) is 15.9 Å². The number of benzene rings is 2. The number of nitrogens with one attached hydrogen (secondary N) is 1. The minimum Gasteiger partial charge on any atom is -0.496 e. The fourth-order valence-electron chi connectivity index (χ4n) is 3.61. The highest BCUT2D eigenvalue weighted by molar-refractivity contribution is 7.89. The lowest BCUT2D eigenvalue weighted by atomic mass is 10.1. The van der Waals surface area contributed by atoms with Crippen LogP contribution in [0.1, 0.15) is 37.7 Å². The van der Waals surface area contributed by atoms with Gasteiger partial charge in [0.15, 0.2) is 0 Å². The molecule has 0 aromatic heterocycles. The standard InChI is InChI=1S/C23H30N2O5S/c1-25(2)31(27,28)21-13-14-22(29-3)17(16-21)8-15-23(26)24-18-9-11-20(12-10-18)30-19-6-4-5-7-19/h9-14,16,19H,4-8,15H2,1-3H3,(H,24,26). The molecule has 8 heteroatoms. The number of ether oxygens (including phenoxy) is 2. The molecule has 2 aromatic carbocycles. The van der Waals surface area contributed by atoms with Crippen molar-refractivity contribution in [2.45, 2.75) is 49.5 Å². The molecule has 168 valence electrons. The largest absolute Gasteiger partial charge is 0.496 e. The Morgan fingerprint density at radius 1 is 1.10 bits per heavy atom. The Labute approximate surface area is 184 Å². The first kappa shape index (κ1) is 23.1. The molecule has 0 bridgehead atoms. The molecular formula is C23H30N2O5S. The summed E-state index contributed by atoms with van der Waals surface area (Å²) in [5.74, 6) is 1.21. The number of hydrogen-bond donors (Lipinski definition) is 1. The minimum absolute atomic E-state index is 0.160. The van der Waals surface area contributed by atoms with E-state index in [1.54, 1.807) is 12.1 Å². The van der Waals surface area contributed by atoms with Gasteiger partial charge >= 0.3 is 0 Å². The summed E-state index contributed by atoms with van der Waals surface area (Å²) < 4.78 is 37.2. The van der Waals surface area contributed by atoms with Crippen LogP contribution in [0.2, 0.25) is 0 Å². The van der Waals surface area contributed by atoms with Crippen LogP contribution in [0.15, 0.2) is 47.4 Å². The monoisotopic (exact) mass is 446 g/mol. The van der Waals surface area contributed by atoms with Crippen molar-refractivity contribution < 1.29 is 22.7 Å². The normalized spacial score (nSPS) is 14.6. The molecule has 1 aliphatic carbocycles. The van der Waals surface area contributed by atoms with Crippen LogP contribution in [-0.2, 0) is 21.2 Å². The number of rotatable bonds is 9. The number of hydrogen-bond acceptors (Lipinski definition) is 5. The third kappa shape index (κ3) is 5.98. The molecule has 0 atom stereocenters. The molecule has 31 heavy (non-hydrogen) atoms. The van der Waals surface area contributed by atoms with E-state index in [4.69, 9.17) is 9.47 Å². The van der Waals surface area contributed by atoms with Gasteiger partial charge in [0.05, 0.1) is 18.1 Å². The van der Waals surface area contributed by atoms with E-state index in [9.17, 15) is 13.2 Å². The second kappa shape index (κ2) is 10.2. The summed E-state index contributed by atoms with van der Waals surface area (Å²) in [5, 5.41) is 2.87. The molecule has 2 aromatic rings. The van der Waals surface area contributed by atoms with E-state index in [0.717, 1.165) is 22.9 Å². The smallest absolute Gasteiger partial charge is 0.242 e. The first-order valence-corrected chi connectivity index (χ1v) is 11.9. The molecule has 0 radical (unpaired) electrons. The van der Waals surface area contributed by atoms with E-state index >= 15 is 0 Å². The summed E-state index contributed by atoms with van der Waals surface area (Å²) in [6.45, 7) is 0. The molecule has 3 rings (SSSR count). The van der Waals surface area contributed by atoms with Gasteiger partial charge in [0.25, 0.3) is 0 Å². The summed E-state index contributed by atoms with van der Waals surface area (Å²) in [5.41, 5.74) is 1.36. The Morgan fingerprint density at radius 3 is 2.39 bits per heavy atom. The molecule has 0 unspecified atom stereocenters. The summed E-state index contributed by atoms with van der Waals surface area (Å²) in [6, 6.07) is 12.1. The summed E-state index contributed by atoms with van der Waals surface area (Å²) in [6.07, 6.45) is 5.47. The zero-order chi connectivity index (χ0) is 22.4. The number of methoxy groups -OCH3 is 1. The SMILES string of the molecule is COc1ccc(S(=O)(=O)N(C)C)cc1CCC(=O)Nc1ccc(OC2CCCC2)cc1. The molecule has 1 saturated carbocycles. The Kier molecular flexibility index (Phi) is 7.56. The first-order chi connectivity index (χ1) is 14.8. The fraction of sp³-hybridized carbons (Fsp3) is 0.435. The predicted molar refractivity (Wildman–Crippen MR) is 120 cm³/mol. The maximum Gasteiger partial charge on any atom is 0.242 e. The van der Waals surface area contributed by atoms with Crippen molar-refractivity contribution in [3.8, 4) is 11.5 Å². The number of amides is 1. The molecule has 0 saturated heterocycles. The van der Waals surface area contributed by atoms with Crippen LogP contribution in [0, 0.1) is 0 Å². The second-order valence-corrected chi connectivity index (χ2v) is 10.0. The molecule has 0 aliphatic heterocycles. The number of anilines is 1. The van der Waals surface area contributed by atoms with Gasteiger partial charge in [-0.05, 0) is 80.1 Å². The summed E-state index contributed by atoms with van der Waals surface area (Å²) in [7, 11) is 0.929. The third-order valence-corrected chi connectivity index (χ3v) is 7.21. The average Bonchev–Trinajstić information content (AvgIpc) is 3.26. The number of sulfonamides is 1. The van der Waals surface area contributed by atoms with Gasteiger partial charge in [0.1, 0.15) is 11.5 Å². The molecular weight excluding hydrogens is 416 g/mol. The van der Waals surface area contributed by atoms with E-state index in [-0.39, 0.29) is 17.2 Å². The Balaban J connectivity index is 1.60. The number of nitrogens with zero attached hydrogens (tertiary/aromatic N) is 1. The second-order valence-electron chi connectivity index (χ2n) is 7.86. The van der Waals surface area contributed by atoms with Gasteiger partial charge in [-0.2, -0.15) is 0 Å². The van der Waals surface area contributed by atoms with Crippen LogP contribution in [0.4, 0.5) is 5.69 Å². The minimum atomic E-state index is -3.56. The van der Waals surface area contributed by atoms with Crippen molar-refractivity contribution in [3.63, 3.8) is 0 Å². The third-order valence-electron chi connectivity index (χ3n) is 5.39. The Hall–Kier alpha value is -2.58. The first-order valence-electron chi connectivity index (χ1n) is 10.5. The lowest BCUT2D eigenvalue weighted by Gasteiger charge is -2.15. The zero-order valence-corrected chi connectivity index (χ0v) is 19.1. The van der Waals surface area contributed by atoms with Gasteiger partial charge in [0, 0.05) is 26.2 Å². The van der Waals surface area contributed by atoms with E-state index in [1.807, 2.05) is 24.3 Å². The van der Waals surface area contributed by atoms with E-state index in [2.05, 4.69) is 5.32 Å². The Morgan fingerprint density at radius 2 is 1.77 bits per heavy atom. The molecule has 1 aliphatic rings. The van der Waals surface area contributed by atoms with Crippen molar-refractivity contribution >= 4 is 21.6 Å². The van der Waals surface area contributed by atoms with Gasteiger partial charge in [-0.25, -0.2) is 12.7 Å². The molecule has 0 heterocycles. The average molecular weight is 447 g/mol. The van der Waals surface area contributed by atoms with E-state index in [0.29, 0.717) is 29.5 Å². The van der Waals surface area contributed by atoms with Crippen LogP contribution in [0.3, 0.4) is 0 Å². The zero-order valence-electron chi connectivity index (χ0n) is 18.3. The van der Waals surface area contributed by atoms with E-state index in [1.165, 1.54) is 40.1 Å².